The Kier molecular flexibility index (Phi) is 4.61. The summed E-state index contributed by atoms with van der Waals surface area (Å²) < 4.78 is 0. The first-order valence-corrected chi connectivity index (χ1v) is 9.14. The van der Waals surface area contributed by atoms with Crippen LogP contribution in [0.15, 0.2) is 42.5 Å². The van der Waals surface area contributed by atoms with Gasteiger partial charge in [-0.05, 0) is 22.8 Å². The molecular weight excluding hydrogens is 328 g/mol. The monoisotopic (exact) mass is 352 g/mol. The SMILES string of the molecule is CC(=O)NCC(=O)N1CCC2NNC(c3cccc4ccccc34)C2C1. The highest BCUT2D eigenvalue weighted by Crippen LogP contribution is 2.36. The van der Waals surface area contributed by atoms with Crippen molar-refractivity contribution in [1.82, 2.24) is 21.1 Å². The van der Waals surface area contributed by atoms with Crippen molar-refractivity contribution < 1.29 is 9.59 Å². The average molecular weight is 352 g/mol. The van der Waals surface area contributed by atoms with Crippen molar-refractivity contribution >= 4 is 22.6 Å². The first-order chi connectivity index (χ1) is 12.6. The van der Waals surface area contributed by atoms with Crippen molar-refractivity contribution in [3.05, 3.63) is 48.0 Å². The lowest BCUT2D eigenvalue weighted by Crippen LogP contribution is -2.50. The van der Waals surface area contributed by atoms with Crippen LogP contribution in [0.5, 0.6) is 0 Å². The zero-order valence-corrected chi connectivity index (χ0v) is 14.9. The van der Waals surface area contributed by atoms with Gasteiger partial charge in [0.05, 0.1) is 12.6 Å². The summed E-state index contributed by atoms with van der Waals surface area (Å²) in [7, 11) is 0. The molecule has 0 bridgehead atoms. The number of piperidine rings is 1. The van der Waals surface area contributed by atoms with Crippen LogP contribution in [0.25, 0.3) is 10.8 Å². The molecule has 0 saturated carbocycles. The molecule has 0 spiro atoms. The second-order valence-electron chi connectivity index (χ2n) is 7.14. The summed E-state index contributed by atoms with van der Waals surface area (Å²) >= 11 is 0. The van der Waals surface area contributed by atoms with Crippen molar-refractivity contribution in [2.45, 2.75) is 25.4 Å². The van der Waals surface area contributed by atoms with Crippen molar-refractivity contribution in [3.8, 4) is 0 Å². The Bertz CT molecular complexity index is 832. The van der Waals surface area contributed by atoms with Crippen LogP contribution in [0.4, 0.5) is 0 Å². The fraction of sp³-hybridized carbons (Fsp3) is 0.400. The van der Waals surface area contributed by atoms with Crippen LogP contribution in [0.2, 0.25) is 0 Å². The van der Waals surface area contributed by atoms with Crippen molar-refractivity contribution in [2.75, 3.05) is 19.6 Å². The highest BCUT2D eigenvalue weighted by molar-refractivity contribution is 5.86. The second-order valence-corrected chi connectivity index (χ2v) is 7.14. The minimum atomic E-state index is -0.175. The Morgan fingerprint density at radius 3 is 2.81 bits per heavy atom. The van der Waals surface area contributed by atoms with E-state index in [0.717, 1.165) is 13.0 Å². The Morgan fingerprint density at radius 2 is 1.96 bits per heavy atom. The first kappa shape index (κ1) is 17.0. The number of carbonyl (C=O) groups is 2. The van der Waals surface area contributed by atoms with Gasteiger partial charge in [0.15, 0.2) is 0 Å². The van der Waals surface area contributed by atoms with Gasteiger partial charge in [0.1, 0.15) is 0 Å². The van der Waals surface area contributed by atoms with E-state index in [0.29, 0.717) is 18.5 Å². The lowest BCUT2D eigenvalue weighted by molar-refractivity contribution is -0.134. The number of benzene rings is 2. The number of fused-ring (bicyclic) bond motifs is 2. The van der Waals surface area contributed by atoms with E-state index >= 15 is 0 Å². The number of nitrogens with one attached hydrogen (secondary N) is 3. The van der Waals surface area contributed by atoms with Crippen LogP contribution < -0.4 is 16.2 Å². The molecular formula is C20H24N4O2. The maximum absolute atomic E-state index is 12.4. The van der Waals surface area contributed by atoms with E-state index in [2.05, 4.69) is 58.6 Å². The third-order valence-electron chi connectivity index (χ3n) is 5.51. The fourth-order valence-corrected chi connectivity index (χ4v) is 4.17. The van der Waals surface area contributed by atoms with Gasteiger partial charge in [-0.3, -0.25) is 15.0 Å². The molecule has 0 radical (unpaired) electrons. The molecule has 3 N–H and O–H groups in total. The van der Waals surface area contributed by atoms with Crippen molar-refractivity contribution in [3.63, 3.8) is 0 Å². The lowest BCUT2D eigenvalue weighted by atomic mass is 9.83. The maximum Gasteiger partial charge on any atom is 0.241 e. The predicted octanol–water partition coefficient (Wildman–Crippen LogP) is 1.34. The molecule has 2 saturated heterocycles. The molecule has 2 aliphatic rings. The van der Waals surface area contributed by atoms with Crippen LogP contribution in [0.1, 0.15) is 24.9 Å². The van der Waals surface area contributed by atoms with Crippen LogP contribution in [0.3, 0.4) is 0 Å². The van der Waals surface area contributed by atoms with Gasteiger partial charge in [-0.25, -0.2) is 5.43 Å². The number of hydrogen-bond donors (Lipinski definition) is 3. The molecule has 6 heteroatoms. The molecule has 2 heterocycles. The van der Waals surface area contributed by atoms with E-state index < -0.39 is 0 Å². The van der Waals surface area contributed by atoms with Gasteiger partial charge < -0.3 is 10.2 Å². The van der Waals surface area contributed by atoms with Crippen LogP contribution in [-0.2, 0) is 9.59 Å². The van der Waals surface area contributed by atoms with E-state index in [1.165, 1.54) is 23.3 Å². The quantitative estimate of drug-likeness (QED) is 0.779. The van der Waals surface area contributed by atoms with Crippen molar-refractivity contribution in [1.29, 1.82) is 0 Å². The Morgan fingerprint density at radius 1 is 1.15 bits per heavy atom. The highest BCUT2D eigenvalue weighted by atomic mass is 16.2. The molecule has 0 aromatic heterocycles. The molecule has 136 valence electrons. The minimum Gasteiger partial charge on any atom is -0.347 e. The third-order valence-corrected chi connectivity index (χ3v) is 5.51. The van der Waals surface area contributed by atoms with Crippen LogP contribution >= 0.6 is 0 Å². The molecule has 0 aliphatic carbocycles. The molecule has 3 atom stereocenters. The van der Waals surface area contributed by atoms with Gasteiger partial charge in [-0.2, -0.15) is 0 Å². The molecule has 2 aromatic carbocycles. The maximum atomic E-state index is 12.4. The number of amides is 2. The topological polar surface area (TPSA) is 73.5 Å². The Balaban J connectivity index is 1.55. The van der Waals surface area contributed by atoms with Gasteiger partial charge in [0.25, 0.3) is 0 Å². The van der Waals surface area contributed by atoms with E-state index in [1.807, 2.05) is 4.90 Å². The summed E-state index contributed by atoms with van der Waals surface area (Å²) in [5.41, 5.74) is 8.15. The molecule has 26 heavy (non-hydrogen) atoms. The lowest BCUT2D eigenvalue weighted by Gasteiger charge is -2.36. The molecule has 2 amide bonds. The largest absolute Gasteiger partial charge is 0.347 e. The molecule has 6 nitrogen and oxygen atoms in total. The number of carbonyl (C=O) groups excluding carboxylic acids is 2. The number of hydrazine groups is 1. The summed E-state index contributed by atoms with van der Waals surface area (Å²) in [6.07, 6.45) is 0.907. The van der Waals surface area contributed by atoms with Gasteiger partial charge in [0.2, 0.25) is 11.8 Å². The molecule has 4 rings (SSSR count). The summed E-state index contributed by atoms with van der Waals surface area (Å²) in [5, 5.41) is 5.08. The number of nitrogens with zero attached hydrogens (tertiary/aromatic N) is 1. The molecule has 3 unspecified atom stereocenters. The van der Waals surface area contributed by atoms with E-state index in [4.69, 9.17) is 0 Å². The summed E-state index contributed by atoms with van der Waals surface area (Å²) in [6, 6.07) is 15.3. The number of rotatable bonds is 3. The van der Waals surface area contributed by atoms with Gasteiger partial charge in [-0.1, -0.05) is 42.5 Å². The standard InChI is InChI=1S/C20H24N4O2/c1-13(25)21-11-19(26)24-10-9-18-17(12-24)20(23-22-18)16-8-4-6-14-5-2-3-7-15(14)16/h2-8,17-18,20,22-23H,9-12H2,1H3,(H,21,25). The van der Waals surface area contributed by atoms with Crippen LogP contribution in [0, 0.1) is 5.92 Å². The van der Waals surface area contributed by atoms with Crippen LogP contribution in [-0.4, -0.2) is 42.4 Å². The predicted molar refractivity (Wildman–Crippen MR) is 100 cm³/mol. The summed E-state index contributed by atoms with van der Waals surface area (Å²) in [6.45, 7) is 2.92. The van der Waals surface area contributed by atoms with Crippen molar-refractivity contribution in [2.24, 2.45) is 5.92 Å². The smallest absolute Gasteiger partial charge is 0.241 e. The summed E-state index contributed by atoms with van der Waals surface area (Å²) in [4.78, 5) is 25.4. The average Bonchev–Trinajstić information content (AvgIpc) is 3.08. The Labute approximate surface area is 152 Å². The zero-order valence-electron chi connectivity index (χ0n) is 14.9. The van der Waals surface area contributed by atoms with E-state index in [-0.39, 0.29) is 24.4 Å². The van der Waals surface area contributed by atoms with Gasteiger partial charge in [0, 0.05) is 32.0 Å². The number of likely N-dealkylation sites (tertiary alicyclic amines) is 1. The normalized spacial score (nSPS) is 25.1. The zero-order chi connectivity index (χ0) is 18.1. The van der Waals surface area contributed by atoms with E-state index in [1.54, 1.807) is 0 Å². The Hall–Kier alpha value is -2.44. The third kappa shape index (κ3) is 3.18. The van der Waals surface area contributed by atoms with Gasteiger partial charge in [-0.15, -0.1) is 0 Å². The minimum absolute atomic E-state index is 0.0118. The van der Waals surface area contributed by atoms with E-state index in [9.17, 15) is 9.59 Å². The molecule has 2 aliphatic heterocycles. The second kappa shape index (κ2) is 7.05. The number of hydrogen-bond acceptors (Lipinski definition) is 4. The molecule has 2 fully saturated rings. The molecule has 2 aromatic rings. The highest BCUT2D eigenvalue weighted by Gasteiger charge is 2.41. The first-order valence-electron chi connectivity index (χ1n) is 9.14. The fourth-order valence-electron chi connectivity index (χ4n) is 4.17. The van der Waals surface area contributed by atoms with Gasteiger partial charge >= 0.3 is 0 Å². The summed E-state index contributed by atoms with van der Waals surface area (Å²) in [5.74, 6) is 0.115.